The third kappa shape index (κ3) is 4.25. The van der Waals surface area contributed by atoms with Crippen LogP contribution in [0.3, 0.4) is 0 Å². The highest BCUT2D eigenvalue weighted by molar-refractivity contribution is 5.89. The van der Waals surface area contributed by atoms with Crippen molar-refractivity contribution in [3.05, 3.63) is 77.4 Å². The molecule has 0 saturated carbocycles. The zero-order valence-corrected chi connectivity index (χ0v) is 14.1. The highest BCUT2D eigenvalue weighted by atomic mass is 19.2. The van der Waals surface area contributed by atoms with Crippen LogP contribution in [0.2, 0.25) is 0 Å². The molecule has 3 aromatic rings. The fourth-order valence-electron chi connectivity index (χ4n) is 2.40. The molecule has 9 heteroatoms. The van der Waals surface area contributed by atoms with E-state index in [4.69, 9.17) is 0 Å². The summed E-state index contributed by atoms with van der Waals surface area (Å²) in [6, 6.07) is 4.35. The largest absolute Gasteiger partial charge is 0.334 e. The van der Waals surface area contributed by atoms with E-state index in [1.54, 1.807) is 13.1 Å². The monoisotopic (exact) mass is 378 g/mol. The molecule has 0 fully saturated rings. The Morgan fingerprint density at radius 1 is 1.04 bits per heavy atom. The smallest absolute Gasteiger partial charge is 0.319 e. The van der Waals surface area contributed by atoms with Crippen molar-refractivity contribution in [3.63, 3.8) is 0 Å². The van der Waals surface area contributed by atoms with Gasteiger partial charge in [-0.15, -0.1) is 0 Å². The number of nitrogens with zero attached hydrogens (tertiary/aromatic N) is 2. The van der Waals surface area contributed by atoms with Crippen LogP contribution in [-0.4, -0.2) is 15.6 Å². The van der Waals surface area contributed by atoms with Gasteiger partial charge in [-0.05, 0) is 31.2 Å². The third-order valence-electron chi connectivity index (χ3n) is 3.72. The lowest BCUT2D eigenvalue weighted by molar-refractivity contribution is 0.251. The van der Waals surface area contributed by atoms with Crippen molar-refractivity contribution in [2.45, 2.75) is 13.5 Å². The molecular formula is C18H14F4N4O. The quantitative estimate of drug-likeness (QED) is 0.531. The lowest BCUT2D eigenvalue weighted by atomic mass is 10.2. The van der Waals surface area contributed by atoms with Gasteiger partial charge in [0.15, 0.2) is 11.6 Å². The average Bonchev–Trinajstić information content (AvgIpc) is 3.03. The lowest BCUT2D eigenvalue weighted by Gasteiger charge is -2.10. The maximum atomic E-state index is 14.2. The summed E-state index contributed by atoms with van der Waals surface area (Å²) < 4.78 is 55.3. The Bertz CT molecular complexity index is 1000. The summed E-state index contributed by atoms with van der Waals surface area (Å²) in [6.07, 6.45) is 3.11. The van der Waals surface area contributed by atoms with Crippen molar-refractivity contribution < 1.29 is 22.4 Å². The Morgan fingerprint density at radius 2 is 1.78 bits per heavy atom. The van der Waals surface area contributed by atoms with Gasteiger partial charge in [0, 0.05) is 30.1 Å². The fourth-order valence-corrected chi connectivity index (χ4v) is 2.40. The van der Waals surface area contributed by atoms with Gasteiger partial charge in [0.2, 0.25) is 0 Å². The van der Waals surface area contributed by atoms with Crippen LogP contribution in [0.4, 0.5) is 28.0 Å². The molecule has 0 aliphatic heterocycles. The van der Waals surface area contributed by atoms with Gasteiger partial charge in [-0.3, -0.25) is 0 Å². The second kappa shape index (κ2) is 7.48. The van der Waals surface area contributed by atoms with Crippen LogP contribution < -0.4 is 10.6 Å². The van der Waals surface area contributed by atoms with Crippen LogP contribution in [0.1, 0.15) is 11.3 Å². The minimum absolute atomic E-state index is 0.163. The molecule has 2 aromatic carbocycles. The maximum absolute atomic E-state index is 14.2. The van der Waals surface area contributed by atoms with Crippen molar-refractivity contribution in [1.29, 1.82) is 0 Å². The van der Waals surface area contributed by atoms with E-state index in [-0.39, 0.29) is 23.5 Å². The van der Waals surface area contributed by atoms with Crippen LogP contribution in [0.25, 0.3) is 5.69 Å². The lowest BCUT2D eigenvalue weighted by Crippen LogP contribution is -2.28. The molecule has 0 radical (unpaired) electrons. The van der Waals surface area contributed by atoms with Gasteiger partial charge < -0.3 is 15.2 Å². The number of halogens is 4. The zero-order valence-electron chi connectivity index (χ0n) is 14.1. The third-order valence-corrected chi connectivity index (χ3v) is 3.72. The van der Waals surface area contributed by atoms with E-state index in [1.165, 1.54) is 23.0 Å². The molecule has 0 aliphatic rings. The average molecular weight is 378 g/mol. The zero-order chi connectivity index (χ0) is 19.6. The second-order valence-electron chi connectivity index (χ2n) is 5.75. The molecule has 0 bridgehead atoms. The molecule has 0 saturated heterocycles. The van der Waals surface area contributed by atoms with Crippen LogP contribution in [0.15, 0.2) is 42.9 Å². The summed E-state index contributed by atoms with van der Waals surface area (Å²) in [6.45, 7) is 1.40. The molecule has 5 nitrogen and oxygen atoms in total. The summed E-state index contributed by atoms with van der Waals surface area (Å²) in [5.41, 5.74) is 0.920. The Labute approximate surface area is 151 Å². The molecule has 0 aliphatic carbocycles. The number of benzene rings is 2. The van der Waals surface area contributed by atoms with Crippen molar-refractivity contribution >= 4 is 11.7 Å². The van der Waals surface area contributed by atoms with Gasteiger partial charge in [0.05, 0.1) is 17.7 Å². The van der Waals surface area contributed by atoms with Crippen LogP contribution in [0.5, 0.6) is 0 Å². The first-order valence-corrected chi connectivity index (χ1v) is 7.82. The van der Waals surface area contributed by atoms with Gasteiger partial charge in [0.25, 0.3) is 0 Å². The van der Waals surface area contributed by atoms with Crippen molar-refractivity contribution in [3.8, 4) is 5.69 Å². The Hall–Kier alpha value is -3.36. The first-order chi connectivity index (χ1) is 12.8. The highest BCUT2D eigenvalue weighted by Crippen LogP contribution is 2.19. The molecule has 2 amide bonds. The van der Waals surface area contributed by atoms with Gasteiger partial charge in [-0.2, -0.15) is 0 Å². The Morgan fingerprint density at radius 3 is 2.44 bits per heavy atom. The number of hydrogen-bond donors (Lipinski definition) is 2. The molecular weight excluding hydrogens is 364 g/mol. The van der Waals surface area contributed by atoms with E-state index in [0.717, 1.165) is 11.8 Å². The topological polar surface area (TPSA) is 59.0 Å². The SMILES string of the molecule is Cc1cn(-c2ccc(NC(=O)NCc3cc(F)c(F)cc3F)cc2F)cn1. The summed E-state index contributed by atoms with van der Waals surface area (Å²) >= 11 is 0. The molecule has 2 N–H and O–H groups in total. The predicted molar refractivity (Wildman–Crippen MR) is 90.4 cm³/mol. The summed E-state index contributed by atoms with van der Waals surface area (Å²) in [5.74, 6) is -4.11. The number of aryl methyl sites for hydroxylation is 1. The number of nitrogens with one attached hydrogen (secondary N) is 2. The number of imidazole rings is 1. The van der Waals surface area contributed by atoms with E-state index in [1.807, 2.05) is 0 Å². The number of carbonyl (C=O) groups excluding carboxylic acids is 1. The summed E-state index contributed by atoms with van der Waals surface area (Å²) in [4.78, 5) is 15.9. The Balaban J connectivity index is 1.64. The number of hydrogen-bond acceptors (Lipinski definition) is 2. The molecule has 27 heavy (non-hydrogen) atoms. The van der Waals surface area contributed by atoms with Gasteiger partial charge in [-0.1, -0.05) is 0 Å². The van der Waals surface area contributed by atoms with Crippen LogP contribution >= 0.6 is 0 Å². The highest BCUT2D eigenvalue weighted by Gasteiger charge is 2.12. The molecule has 140 valence electrons. The maximum Gasteiger partial charge on any atom is 0.319 e. The molecule has 0 spiro atoms. The first-order valence-electron chi connectivity index (χ1n) is 7.82. The fraction of sp³-hybridized carbons (Fsp3) is 0.111. The van der Waals surface area contributed by atoms with Crippen molar-refractivity contribution in [2.75, 3.05) is 5.32 Å². The molecule has 0 unspecified atom stereocenters. The molecule has 3 rings (SSSR count). The van der Waals surface area contributed by atoms with Crippen LogP contribution in [-0.2, 0) is 6.54 Å². The number of aromatic nitrogens is 2. The van der Waals surface area contributed by atoms with E-state index >= 15 is 0 Å². The number of urea groups is 1. The van der Waals surface area contributed by atoms with Gasteiger partial charge in [0.1, 0.15) is 11.6 Å². The molecule has 0 atom stereocenters. The first kappa shape index (κ1) is 18.4. The van der Waals surface area contributed by atoms with Crippen LogP contribution in [0, 0.1) is 30.2 Å². The number of amides is 2. The van der Waals surface area contributed by atoms with Crippen molar-refractivity contribution in [2.24, 2.45) is 0 Å². The van der Waals surface area contributed by atoms with E-state index in [0.29, 0.717) is 12.1 Å². The summed E-state index contributed by atoms with van der Waals surface area (Å²) in [7, 11) is 0. The minimum Gasteiger partial charge on any atom is -0.334 e. The minimum atomic E-state index is -1.32. The second-order valence-corrected chi connectivity index (χ2v) is 5.75. The predicted octanol–water partition coefficient (Wildman–Crippen LogP) is 4.06. The van der Waals surface area contributed by atoms with E-state index in [2.05, 4.69) is 15.6 Å². The number of anilines is 1. The summed E-state index contributed by atoms with van der Waals surface area (Å²) in [5, 5.41) is 4.66. The normalized spacial score (nSPS) is 10.7. The van der Waals surface area contributed by atoms with E-state index in [9.17, 15) is 22.4 Å². The molecule has 1 aromatic heterocycles. The van der Waals surface area contributed by atoms with Crippen molar-refractivity contribution in [1.82, 2.24) is 14.9 Å². The van der Waals surface area contributed by atoms with Gasteiger partial charge in [-0.25, -0.2) is 27.3 Å². The van der Waals surface area contributed by atoms with E-state index < -0.39 is 29.3 Å². The number of carbonyl (C=O) groups is 1. The number of rotatable bonds is 4. The van der Waals surface area contributed by atoms with Gasteiger partial charge >= 0.3 is 6.03 Å². The standard InChI is InChI=1S/C18H14F4N4O/c1-10-8-26(9-24-10)17-3-2-12(5-16(17)22)25-18(27)23-7-11-4-14(20)15(21)6-13(11)19/h2-6,8-9H,7H2,1H3,(H2,23,25,27). The molecule has 1 heterocycles. The Kier molecular flexibility index (Phi) is 5.11.